The number of carbonyl (C=O) groups is 2. The van der Waals surface area contributed by atoms with Crippen LogP contribution in [0, 0.1) is 0 Å². The molecule has 1 aliphatic rings. The molecule has 144 valence electrons. The molecular weight excluding hydrogens is 382 g/mol. The van der Waals surface area contributed by atoms with Crippen molar-refractivity contribution in [2.75, 3.05) is 25.0 Å². The zero-order valence-electron chi connectivity index (χ0n) is 14.7. The van der Waals surface area contributed by atoms with Crippen LogP contribution >= 0.6 is 0 Å². The lowest BCUT2D eigenvalue weighted by atomic mass is 10.2. The first kappa shape index (κ1) is 18.1. The van der Waals surface area contributed by atoms with E-state index >= 15 is 0 Å². The van der Waals surface area contributed by atoms with Gasteiger partial charge in [0.1, 0.15) is 0 Å². The SMILES string of the molecule is O=C1CN(S(=O)(=O)c2ccc(C(=O)Nc3ccc4cn[nH]c4c3)cc2)CCN1. The molecule has 0 unspecified atom stereocenters. The second-order valence-electron chi connectivity index (χ2n) is 6.34. The Morgan fingerprint density at radius 1 is 1.14 bits per heavy atom. The van der Waals surface area contributed by atoms with Crippen LogP contribution in [0.25, 0.3) is 10.9 Å². The first-order valence-corrected chi connectivity index (χ1v) is 9.99. The Bertz CT molecular complexity index is 1150. The number of piperazine rings is 1. The number of nitrogens with one attached hydrogen (secondary N) is 3. The molecule has 1 fully saturated rings. The van der Waals surface area contributed by atoms with E-state index in [1.165, 1.54) is 24.3 Å². The van der Waals surface area contributed by atoms with Crippen LogP contribution in [0.4, 0.5) is 5.69 Å². The summed E-state index contributed by atoms with van der Waals surface area (Å²) < 4.78 is 26.4. The van der Waals surface area contributed by atoms with Crippen molar-refractivity contribution < 1.29 is 18.0 Å². The normalized spacial score (nSPS) is 15.4. The highest BCUT2D eigenvalue weighted by Crippen LogP contribution is 2.19. The molecule has 3 N–H and O–H groups in total. The van der Waals surface area contributed by atoms with Crippen LogP contribution in [0.3, 0.4) is 0 Å². The number of amides is 2. The van der Waals surface area contributed by atoms with Gasteiger partial charge in [-0.05, 0) is 42.5 Å². The number of fused-ring (bicyclic) bond motifs is 1. The molecule has 0 aliphatic carbocycles. The number of carbonyl (C=O) groups excluding carboxylic acids is 2. The lowest BCUT2D eigenvalue weighted by molar-refractivity contribution is -0.122. The van der Waals surface area contributed by atoms with Gasteiger partial charge in [-0.15, -0.1) is 0 Å². The molecule has 0 radical (unpaired) electrons. The Kier molecular flexibility index (Phi) is 4.57. The highest BCUT2D eigenvalue weighted by atomic mass is 32.2. The summed E-state index contributed by atoms with van der Waals surface area (Å²) in [6.07, 6.45) is 1.69. The second-order valence-corrected chi connectivity index (χ2v) is 8.28. The van der Waals surface area contributed by atoms with E-state index in [1.54, 1.807) is 18.3 Å². The molecule has 9 nitrogen and oxygen atoms in total. The molecule has 2 amide bonds. The minimum atomic E-state index is -3.78. The fraction of sp³-hybridized carbons (Fsp3) is 0.167. The highest BCUT2D eigenvalue weighted by molar-refractivity contribution is 7.89. The molecule has 0 atom stereocenters. The minimum absolute atomic E-state index is 0.0395. The second kappa shape index (κ2) is 7.06. The van der Waals surface area contributed by atoms with Crippen molar-refractivity contribution in [3.05, 3.63) is 54.2 Å². The van der Waals surface area contributed by atoms with Crippen molar-refractivity contribution in [2.45, 2.75) is 4.90 Å². The molecule has 28 heavy (non-hydrogen) atoms. The molecular formula is C18H17N5O4S. The maximum atomic E-state index is 12.6. The molecule has 1 aromatic heterocycles. The van der Waals surface area contributed by atoms with Gasteiger partial charge in [-0.3, -0.25) is 14.7 Å². The molecule has 2 heterocycles. The van der Waals surface area contributed by atoms with Gasteiger partial charge in [0.05, 0.1) is 23.2 Å². The molecule has 4 rings (SSSR count). The molecule has 0 bridgehead atoms. The summed E-state index contributed by atoms with van der Waals surface area (Å²) in [5.74, 6) is -0.694. The van der Waals surface area contributed by atoms with E-state index in [1.807, 2.05) is 6.07 Å². The van der Waals surface area contributed by atoms with Gasteiger partial charge < -0.3 is 10.6 Å². The summed E-state index contributed by atoms with van der Waals surface area (Å²) in [5.41, 5.74) is 1.71. The van der Waals surface area contributed by atoms with Crippen LogP contribution in [0.2, 0.25) is 0 Å². The van der Waals surface area contributed by atoms with Gasteiger partial charge in [-0.2, -0.15) is 9.40 Å². The third kappa shape index (κ3) is 3.47. The summed E-state index contributed by atoms with van der Waals surface area (Å²) in [6.45, 7) is 0.284. The maximum Gasteiger partial charge on any atom is 0.255 e. The summed E-state index contributed by atoms with van der Waals surface area (Å²) in [6, 6.07) is 11.0. The molecule has 0 saturated carbocycles. The number of hydrogen-bond acceptors (Lipinski definition) is 5. The van der Waals surface area contributed by atoms with E-state index in [0.29, 0.717) is 11.3 Å². The third-order valence-corrected chi connectivity index (χ3v) is 6.32. The van der Waals surface area contributed by atoms with Crippen molar-refractivity contribution in [1.29, 1.82) is 0 Å². The van der Waals surface area contributed by atoms with Crippen LogP contribution in [-0.4, -0.2) is 54.4 Å². The van der Waals surface area contributed by atoms with Gasteiger partial charge in [0.25, 0.3) is 5.91 Å². The lowest BCUT2D eigenvalue weighted by Gasteiger charge is -2.25. The van der Waals surface area contributed by atoms with E-state index in [0.717, 1.165) is 15.2 Å². The van der Waals surface area contributed by atoms with Crippen LogP contribution < -0.4 is 10.6 Å². The van der Waals surface area contributed by atoms with Crippen LogP contribution in [0.5, 0.6) is 0 Å². The van der Waals surface area contributed by atoms with Gasteiger partial charge >= 0.3 is 0 Å². The Morgan fingerprint density at radius 2 is 1.93 bits per heavy atom. The van der Waals surface area contributed by atoms with E-state index in [9.17, 15) is 18.0 Å². The summed E-state index contributed by atoms with van der Waals surface area (Å²) >= 11 is 0. The number of nitrogens with zero attached hydrogens (tertiary/aromatic N) is 2. The third-order valence-electron chi connectivity index (χ3n) is 4.46. The quantitative estimate of drug-likeness (QED) is 0.602. The van der Waals surface area contributed by atoms with Gasteiger partial charge in [0, 0.05) is 29.7 Å². The minimum Gasteiger partial charge on any atom is -0.354 e. The van der Waals surface area contributed by atoms with E-state index in [-0.39, 0.29) is 36.3 Å². The number of sulfonamides is 1. The topological polar surface area (TPSA) is 124 Å². The first-order valence-electron chi connectivity index (χ1n) is 8.55. The predicted molar refractivity (Wildman–Crippen MR) is 102 cm³/mol. The van der Waals surface area contributed by atoms with Crippen LogP contribution in [0.1, 0.15) is 10.4 Å². The molecule has 0 spiro atoms. The standard InChI is InChI=1S/C18H17N5O4S/c24-17-11-23(8-7-19-17)28(26,27)15-5-2-12(3-6-15)18(25)21-14-4-1-13-10-20-22-16(13)9-14/h1-6,9-10H,7-8,11H2,(H,19,24)(H,20,22)(H,21,25). The maximum absolute atomic E-state index is 12.6. The Labute approximate surface area is 160 Å². The number of aromatic nitrogens is 2. The summed E-state index contributed by atoms with van der Waals surface area (Å²) in [4.78, 5) is 23.9. The Balaban J connectivity index is 1.50. The average molecular weight is 399 g/mol. The van der Waals surface area contributed by atoms with Crippen LogP contribution in [-0.2, 0) is 14.8 Å². The largest absolute Gasteiger partial charge is 0.354 e. The van der Waals surface area contributed by atoms with Crippen LogP contribution in [0.15, 0.2) is 53.6 Å². The Hall–Kier alpha value is -3.24. The number of rotatable bonds is 4. The molecule has 3 aromatic rings. The number of aromatic amines is 1. The number of anilines is 1. The average Bonchev–Trinajstić information content (AvgIpc) is 3.16. The molecule has 1 aliphatic heterocycles. The zero-order chi connectivity index (χ0) is 19.7. The number of hydrogen-bond donors (Lipinski definition) is 3. The lowest BCUT2D eigenvalue weighted by Crippen LogP contribution is -2.49. The van der Waals surface area contributed by atoms with Gasteiger partial charge in [0.2, 0.25) is 15.9 Å². The fourth-order valence-corrected chi connectivity index (χ4v) is 4.36. The summed E-state index contributed by atoms with van der Waals surface area (Å²) in [5, 5.41) is 13.0. The zero-order valence-corrected chi connectivity index (χ0v) is 15.5. The monoisotopic (exact) mass is 399 g/mol. The van der Waals surface area contributed by atoms with E-state index in [2.05, 4.69) is 20.8 Å². The first-order chi connectivity index (χ1) is 13.4. The molecule has 1 saturated heterocycles. The van der Waals surface area contributed by atoms with Gasteiger partial charge in [-0.1, -0.05) is 0 Å². The highest BCUT2D eigenvalue weighted by Gasteiger charge is 2.29. The number of benzene rings is 2. The van der Waals surface area contributed by atoms with Crippen molar-refractivity contribution in [1.82, 2.24) is 19.8 Å². The van der Waals surface area contributed by atoms with Crippen molar-refractivity contribution in [2.24, 2.45) is 0 Å². The van der Waals surface area contributed by atoms with E-state index in [4.69, 9.17) is 0 Å². The fourth-order valence-electron chi connectivity index (χ4n) is 2.97. The van der Waals surface area contributed by atoms with Crippen molar-refractivity contribution >= 4 is 38.4 Å². The van der Waals surface area contributed by atoms with Gasteiger partial charge in [-0.25, -0.2) is 8.42 Å². The van der Waals surface area contributed by atoms with Gasteiger partial charge in [0.15, 0.2) is 0 Å². The summed E-state index contributed by atoms with van der Waals surface area (Å²) in [7, 11) is -3.78. The smallest absolute Gasteiger partial charge is 0.255 e. The van der Waals surface area contributed by atoms with Crippen molar-refractivity contribution in [3.8, 4) is 0 Å². The Morgan fingerprint density at radius 3 is 2.68 bits per heavy atom. The number of H-pyrrole nitrogens is 1. The molecule has 2 aromatic carbocycles. The molecule has 10 heteroatoms. The predicted octanol–water partition coefficient (Wildman–Crippen LogP) is 0.936. The van der Waals surface area contributed by atoms with E-state index < -0.39 is 10.0 Å². The van der Waals surface area contributed by atoms with Crippen molar-refractivity contribution in [3.63, 3.8) is 0 Å².